The lowest BCUT2D eigenvalue weighted by molar-refractivity contribution is -0.276. The largest absolute Gasteiger partial charge is 0.481 e. The first-order valence-electron chi connectivity index (χ1n) is 18.4. The fraction of sp³-hybridized carbons (Fsp3) is 0.357. The van der Waals surface area contributed by atoms with E-state index < -0.39 is 12.3 Å². The quantitative estimate of drug-likeness (QED) is 0.121. The number of H-pyrrole nitrogens is 1. The van der Waals surface area contributed by atoms with Gasteiger partial charge in [-0.15, -0.1) is 0 Å². The van der Waals surface area contributed by atoms with Gasteiger partial charge in [0, 0.05) is 50.1 Å². The van der Waals surface area contributed by atoms with Gasteiger partial charge < -0.3 is 34.9 Å². The molecule has 7 rings (SSSR count). The Labute approximate surface area is 308 Å². The molecular formula is C42H46N4O7. The Morgan fingerprint density at radius 1 is 0.849 bits per heavy atom. The molecule has 2 fully saturated rings. The van der Waals surface area contributed by atoms with Crippen LogP contribution in [0.25, 0.3) is 22.2 Å². The van der Waals surface area contributed by atoms with E-state index in [-0.39, 0.29) is 55.2 Å². The molecule has 1 aromatic heterocycles. The summed E-state index contributed by atoms with van der Waals surface area (Å²) in [5.41, 5.74) is 7.36. The summed E-state index contributed by atoms with van der Waals surface area (Å²) in [6.07, 6.45) is 0.452. The molecule has 11 nitrogen and oxygen atoms in total. The number of benzene rings is 4. The molecule has 4 atom stereocenters. The molecule has 4 N–H and O–H groups in total. The van der Waals surface area contributed by atoms with Crippen molar-refractivity contribution in [3.05, 3.63) is 130 Å². The van der Waals surface area contributed by atoms with Crippen LogP contribution in [0.3, 0.4) is 0 Å². The fourth-order valence-corrected chi connectivity index (χ4v) is 7.61. The fourth-order valence-electron chi connectivity index (χ4n) is 7.61. The molecule has 0 radical (unpaired) electrons. The van der Waals surface area contributed by atoms with Crippen LogP contribution in [0.1, 0.15) is 73.3 Å². The van der Waals surface area contributed by atoms with Gasteiger partial charge in [0.25, 0.3) is 0 Å². The molecule has 4 unspecified atom stereocenters. The Balaban J connectivity index is 1.08. The number of rotatable bonds is 12. The van der Waals surface area contributed by atoms with E-state index in [2.05, 4.69) is 28.2 Å². The monoisotopic (exact) mass is 718 g/mol. The van der Waals surface area contributed by atoms with Gasteiger partial charge in [0.2, 0.25) is 5.91 Å². The highest BCUT2D eigenvalue weighted by Gasteiger charge is 2.40. The molecule has 4 aromatic carbocycles. The SMILES string of the molecule is CC1C(CN2CCC(n3c(=O)[nH]c4ccccc43)CC2)OC(c2cccc(-c3cccc(CNC(=O)CCC(=O)O)c3)c2)OC1c1ccc(CO)cc1. The number of aromatic amines is 1. The molecule has 11 heteroatoms. The lowest BCUT2D eigenvalue weighted by Crippen LogP contribution is -2.47. The summed E-state index contributed by atoms with van der Waals surface area (Å²) in [7, 11) is 0. The highest BCUT2D eigenvalue weighted by molar-refractivity contribution is 5.80. The molecule has 3 heterocycles. The zero-order valence-corrected chi connectivity index (χ0v) is 29.8. The number of carboxylic acids is 1. The molecule has 0 saturated carbocycles. The summed E-state index contributed by atoms with van der Waals surface area (Å²) >= 11 is 0. The summed E-state index contributed by atoms with van der Waals surface area (Å²) < 4.78 is 15.5. The lowest BCUT2D eigenvalue weighted by Gasteiger charge is -2.44. The third-order valence-corrected chi connectivity index (χ3v) is 10.6. The molecule has 2 aliphatic heterocycles. The molecule has 0 aliphatic carbocycles. The number of ether oxygens (including phenoxy) is 2. The molecule has 2 saturated heterocycles. The second kappa shape index (κ2) is 16.3. The number of imidazole rings is 1. The number of carbonyl (C=O) groups excluding carboxylic acids is 1. The number of nitrogens with one attached hydrogen (secondary N) is 2. The first-order valence-corrected chi connectivity index (χ1v) is 18.4. The first-order chi connectivity index (χ1) is 25.7. The third kappa shape index (κ3) is 8.44. The van der Waals surface area contributed by atoms with Crippen molar-refractivity contribution < 1.29 is 29.3 Å². The molecule has 0 bridgehead atoms. The van der Waals surface area contributed by atoms with E-state index in [9.17, 15) is 19.5 Å². The van der Waals surface area contributed by atoms with E-state index in [1.165, 1.54) is 0 Å². The molecule has 53 heavy (non-hydrogen) atoms. The molecule has 276 valence electrons. The predicted molar refractivity (Wildman–Crippen MR) is 201 cm³/mol. The topological polar surface area (TPSA) is 146 Å². The van der Waals surface area contributed by atoms with Crippen LogP contribution in [0.4, 0.5) is 0 Å². The minimum Gasteiger partial charge on any atom is -0.481 e. The van der Waals surface area contributed by atoms with Crippen molar-refractivity contribution in [2.24, 2.45) is 5.92 Å². The van der Waals surface area contributed by atoms with E-state index in [0.29, 0.717) is 6.54 Å². The smallest absolute Gasteiger partial charge is 0.326 e. The van der Waals surface area contributed by atoms with Crippen LogP contribution in [0.5, 0.6) is 0 Å². The number of likely N-dealkylation sites (tertiary alicyclic amines) is 1. The van der Waals surface area contributed by atoms with Gasteiger partial charge in [0.05, 0.1) is 36.3 Å². The highest BCUT2D eigenvalue weighted by Crippen LogP contribution is 2.43. The molecule has 1 amide bonds. The van der Waals surface area contributed by atoms with Gasteiger partial charge in [-0.05, 0) is 64.9 Å². The molecule has 0 spiro atoms. The number of para-hydroxylation sites is 2. The number of carboxylic acid groups (broad SMARTS) is 1. The van der Waals surface area contributed by atoms with E-state index >= 15 is 0 Å². The zero-order valence-electron chi connectivity index (χ0n) is 29.8. The summed E-state index contributed by atoms with van der Waals surface area (Å²) in [5.74, 6) is -1.27. The van der Waals surface area contributed by atoms with Gasteiger partial charge in [-0.25, -0.2) is 4.79 Å². The minimum atomic E-state index is -0.999. The van der Waals surface area contributed by atoms with E-state index in [1.807, 2.05) is 95.6 Å². The molecule has 2 aliphatic rings. The van der Waals surface area contributed by atoms with Gasteiger partial charge in [-0.3, -0.25) is 14.2 Å². The number of aromatic nitrogens is 2. The number of aliphatic hydroxyl groups is 1. The summed E-state index contributed by atoms with van der Waals surface area (Å²) in [6, 6.07) is 31.9. The summed E-state index contributed by atoms with van der Waals surface area (Å²) in [5, 5.41) is 21.4. The van der Waals surface area contributed by atoms with Crippen molar-refractivity contribution in [3.8, 4) is 11.1 Å². The second-order valence-electron chi connectivity index (χ2n) is 14.2. The number of carbonyl (C=O) groups is 2. The lowest BCUT2D eigenvalue weighted by atomic mass is 9.89. The standard InChI is InChI=1S/C42H46N4O7/c1-27-37(25-45-20-18-34(19-21-45)46-36-11-3-2-10-35(36)44-42(46)51)52-41(53-40(27)30-14-12-28(26-47)13-15-30)33-9-5-8-32(23-33)31-7-4-6-29(22-31)24-43-38(48)16-17-39(49)50/h2-15,22-23,27,34,37,40-41,47H,16-21,24-26H2,1H3,(H,43,48)(H,44,51)(H,49,50). The average molecular weight is 719 g/mol. The maximum atomic E-state index is 12.9. The van der Waals surface area contributed by atoms with Crippen LogP contribution >= 0.6 is 0 Å². The molecule has 5 aromatic rings. The van der Waals surface area contributed by atoms with Gasteiger partial charge in [0.1, 0.15) is 0 Å². The van der Waals surface area contributed by atoms with Crippen molar-refractivity contribution in [2.45, 2.75) is 70.3 Å². The van der Waals surface area contributed by atoms with Crippen molar-refractivity contribution in [3.63, 3.8) is 0 Å². The number of hydrogen-bond donors (Lipinski definition) is 4. The van der Waals surface area contributed by atoms with E-state index in [4.69, 9.17) is 14.6 Å². The van der Waals surface area contributed by atoms with Gasteiger partial charge >= 0.3 is 11.7 Å². The second-order valence-corrected chi connectivity index (χ2v) is 14.2. The Bertz CT molecular complexity index is 2100. The van der Waals surface area contributed by atoms with E-state index in [0.717, 1.165) is 76.9 Å². The highest BCUT2D eigenvalue weighted by atomic mass is 16.7. The normalized spacial score (nSPS) is 21.1. The summed E-state index contributed by atoms with van der Waals surface area (Å²) in [6.45, 7) is 4.86. The maximum absolute atomic E-state index is 12.9. The maximum Gasteiger partial charge on any atom is 0.326 e. The Morgan fingerprint density at radius 2 is 1.58 bits per heavy atom. The van der Waals surface area contributed by atoms with E-state index in [1.54, 1.807) is 0 Å². The van der Waals surface area contributed by atoms with Crippen molar-refractivity contribution in [1.29, 1.82) is 0 Å². The van der Waals surface area contributed by atoms with Crippen LogP contribution in [-0.4, -0.2) is 62.3 Å². The van der Waals surface area contributed by atoms with Crippen molar-refractivity contribution in [1.82, 2.24) is 19.8 Å². The van der Waals surface area contributed by atoms with Crippen LogP contribution < -0.4 is 11.0 Å². The number of amides is 1. The van der Waals surface area contributed by atoms with Gasteiger partial charge in [-0.1, -0.05) is 79.7 Å². The zero-order chi connectivity index (χ0) is 36.9. The number of aliphatic hydroxyl groups excluding tert-OH is 1. The first kappa shape index (κ1) is 36.3. The van der Waals surface area contributed by atoms with Crippen molar-refractivity contribution >= 4 is 22.9 Å². The number of nitrogens with zero attached hydrogens (tertiary/aromatic N) is 2. The predicted octanol–water partition coefficient (Wildman–Crippen LogP) is 6.10. The molecular weight excluding hydrogens is 672 g/mol. The number of aliphatic carboxylic acids is 1. The Hall–Kier alpha value is -5.07. The third-order valence-electron chi connectivity index (χ3n) is 10.6. The van der Waals surface area contributed by atoms with Gasteiger partial charge in [-0.2, -0.15) is 0 Å². The number of hydrogen-bond acceptors (Lipinski definition) is 7. The Kier molecular flexibility index (Phi) is 11.2. The van der Waals surface area contributed by atoms with Crippen LogP contribution in [0.15, 0.2) is 102 Å². The van der Waals surface area contributed by atoms with Crippen LogP contribution in [-0.2, 0) is 32.2 Å². The van der Waals surface area contributed by atoms with Crippen LogP contribution in [0.2, 0.25) is 0 Å². The number of piperidine rings is 1. The summed E-state index contributed by atoms with van der Waals surface area (Å²) in [4.78, 5) is 41.3. The van der Waals surface area contributed by atoms with Gasteiger partial charge in [0.15, 0.2) is 6.29 Å². The average Bonchev–Trinajstić information content (AvgIpc) is 3.53. The Morgan fingerprint density at radius 3 is 2.34 bits per heavy atom. The minimum absolute atomic E-state index is 0.0264. The number of fused-ring (bicyclic) bond motifs is 1. The van der Waals surface area contributed by atoms with Crippen LogP contribution in [0, 0.1) is 5.92 Å². The van der Waals surface area contributed by atoms with Crippen molar-refractivity contribution in [2.75, 3.05) is 19.6 Å².